The molecule has 25 heavy (non-hydrogen) atoms. The van der Waals surface area contributed by atoms with Gasteiger partial charge < -0.3 is 9.88 Å². The number of piperidine rings is 1. The molecule has 1 N–H and O–H groups in total. The van der Waals surface area contributed by atoms with Crippen LogP contribution < -0.4 is 0 Å². The van der Waals surface area contributed by atoms with E-state index in [-0.39, 0.29) is 5.91 Å². The molecule has 3 heterocycles. The number of rotatable bonds is 3. The van der Waals surface area contributed by atoms with E-state index in [2.05, 4.69) is 52.2 Å². The first-order chi connectivity index (χ1) is 12.3. The minimum Gasteiger partial charge on any atom is -0.345 e. The van der Waals surface area contributed by atoms with Gasteiger partial charge in [0, 0.05) is 30.9 Å². The van der Waals surface area contributed by atoms with Crippen LogP contribution in [0.1, 0.15) is 41.6 Å². The third-order valence-electron chi connectivity index (χ3n) is 5.36. The molecule has 0 bridgehead atoms. The van der Waals surface area contributed by atoms with Gasteiger partial charge in [0.25, 0.3) is 5.91 Å². The van der Waals surface area contributed by atoms with Crippen molar-refractivity contribution in [2.45, 2.75) is 25.7 Å². The van der Waals surface area contributed by atoms with Gasteiger partial charge in [-0.15, -0.1) is 0 Å². The summed E-state index contributed by atoms with van der Waals surface area (Å²) in [5, 5.41) is 0.797. The molecule has 2 unspecified atom stereocenters. The van der Waals surface area contributed by atoms with Crippen molar-refractivity contribution in [3.05, 3.63) is 60.2 Å². The quantitative estimate of drug-likeness (QED) is 0.796. The molecule has 1 fully saturated rings. The topological polar surface area (TPSA) is 61.9 Å². The van der Waals surface area contributed by atoms with E-state index in [9.17, 15) is 4.79 Å². The lowest BCUT2D eigenvalue weighted by Gasteiger charge is -2.38. The summed E-state index contributed by atoms with van der Waals surface area (Å²) in [7, 11) is 0. The van der Waals surface area contributed by atoms with Gasteiger partial charge in [0.15, 0.2) is 0 Å². The minimum absolute atomic E-state index is 0.0750. The Kier molecular flexibility index (Phi) is 4.22. The van der Waals surface area contributed by atoms with Gasteiger partial charge in [0.05, 0.1) is 5.56 Å². The van der Waals surface area contributed by atoms with Crippen molar-refractivity contribution in [1.29, 1.82) is 0 Å². The van der Waals surface area contributed by atoms with Gasteiger partial charge in [-0.3, -0.25) is 4.79 Å². The lowest BCUT2D eigenvalue weighted by Crippen LogP contribution is -2.42. The number of carbonyl (C=O) groups excluding carboxylic acids is 1. The van der Waals surface area contributed by atoms with Crippen LogP contribution in [0, 0.1) is 5.92 Å². The van der Waals surface area contributed by atoms with E-state index < -0.39 is 0 Å². The molecule has 5 heteroatoms. The Morgan fingerprint density at radius 3 is 2.96 bits per heavy atom. The zero-order chi connectivity index (χ0) is 17.2. The summed E-state index contributed by atoms with van der Waals surface area (Å²) in [4.78, 5) is 26.3. The highest BCUT2D eigenvalue weighted by Gasteiger charge is 2.32. The number of nitrogens with one attached hydrogen (secondary N) is 1. The van der Waals surface area contributed by atoms with E-state index in [4.69, 9.17) is 0 Å². The number of carbonyl (C=O) groups is 1. The number of nitrogens with zero attached hydrogens (tertiary/aromatic N) is 3. The molecule has 128 valence electrons. The second-order valence-electron chi connectivity index (χ2n) is 6.71. The molecule has 0 radical (unpaired) electrons. The van der Waals surface area contributed by atoms with Crippen LogP contribution in [0.3, 0.4) is 0 Å². The zero-order valence-corrected chi connectivity index (χ0v) is 14.4. The monoisotopic (exact) mass is 334 g/mol. The second kappa shape index (κ2) is 6.67. The number of likely N-dealkylation sites (tertiary alicyclic amines) is 1. The standard InChI is InChI=1S/C20H22N4O/c1-2-14-12-24(9-8-16(14)15-6-4-3-5-7-15)20(25)18-11-22-19-17(18)10-21-13-23-19/h3-7,10-11,13-14,16H,2,8-9,12H2,1H3,(H,21,22,23). The SMILES string of the molecule is CCC1CN(C(=O)c2c[nH]c3ncncc23)CCC1c1ccccc1. The average molecular weight is 334 g/mol. The van der Waals surface area contributed by atoms with E-state index in [1.165, 1.54) is 11.9 Å². The van der Waals surface area contributed by atoms with Crippen molar-refractivity contribution < 1.29 is 4.79 Å². The summed E-state index contributed by atoms with van der Waals surface area (Å²) in [5.74, 6) is 1.09. The average Bonchev–Trinajstić information content (AvgIpc) is 3.11. The number of aromatic amines is 1. The van der Waals surface area contributed by atoms with E-state index in [0.717, 1.165) is 31.3 Å². The number of hydrogen-bond acceptors (Lipinski definition) is 3. The second-order valence-corrected chi connectivity index (χ2v) is 6.71. The molecule has 1 aliphatic rings. The first-order valence-corrected chi connectivity index (χ1v) is 8.89. The number of benzene rings is 1. The molecular formula is C20H22N4O. The molecule has 1 saturated heterocycles. The first kappa shape index (κ1) is 15.8. The molecule has 1 aromatic carbocycles. The zero-order valence-electron chi connectivity index (χ0n) is 14.4. The minimum atomic E-state index is 0.0750. The highest BCUT2D eigenvalue weighted by molar-refractivity contribution is 6.05. The van der Waals surface area contributed by atoms with Gasteiger partial charge in [-0.1, -0.05) is 43.7 Å². The highest BCUT2D eigenvalue weighted by Crippen LogP contribution is 2.35. The third kappa shape index (κ3) is 2.90. The van der Waals surface area contributed by atoms with Crippen LogP contribution in [0.2, 0.25) is 0 Å². The molecule has 2 atom stereocenters. The third-order valence-corrected chi connectivity index (χ3v) is 5.36. The molecular weight excluding hydrogens is 312 g/mol. The van der Waals surface area contributed by atoms with Gasteiger partial charge >= 0.3 is 0 Å². The van der Waals surface area contributed by atoms with Gasteiger partial charge in [-0.25, -0.2) is 9.97 Å². The van der Waals surface area contributed by atoms with Crippen LogP contribution in [-0.4, -0.2) is 38.8 Å². The van der Waals surface area contributed by atoms with Crippen molar-refractivity contribution in [2.75, 3.05) is 13.1 Å². The fraction of sp³-hybridized carbons (Fsp3) is 0.350. The largest absolute Gasteiger partial charge is 0.345 e. The Bertz CT molecular complexity index is 874. The van der Waals surface area contributed by atoms with Crippen molar-refractivity contribution in [3.63, 3.8) is 0 Å². The number of fused-ring (bicyclic) bond motifs is 1. The lowest BCUT2D eigenvalue weighted by molar-refractivity contribution is 0.0647. The van der Waals surface area contributed by atoms with Crippen molar-refractivity contribution >= 4 is 16.9 Å². The number of aromatic nitrogens is 3. The maximum Gasteiger partial charge on any atom is 0.256 e. The van der Waals surface area contributed by atoms with Crippen molar-refractivity contribution in [2.24, 2.45) is 5.92 Å². The van der Waals surface area contributed by atoms with Gasteiger partial charge in [-0.2, -0.15) is 0 Å². The molecule has 2 aromatic heterocycles. The summed E-state index contributed by atoms with van der Waals surface area (Å²) in [6.07, 6.45) is 7.03. The van der Waals surface area contributed by atoms with Crippen LogP contribution >= 0.6 is 0 Å². The van der Waals surface area contributed by atoms with Crippen LogP contribution in [0.4, 0.5) is 0 Å². The molecule has 0 spiro atoms. The highest BCUT2D eigenvalue weighted by atomic mass is 16.2. The Labute approximate surface area is 147 Å². The molecule has 1 aliphatic heterocycles. The fourth-order valence-electron chi connectivity index (χ4n) is 3.98. The smallest absolute Gasteiger partial charge is 0.256 e. The molecule has 5 nitrogen and oxygen atoms in total. The fourth-order valence-corrected chi connectivity index (χ4v) is 3.98. The van der Waals surface area contributed by atoms with Crippen LogP contribution in [0.15, 0.2) is 49.1 Å². The predicted molar refractivity (Wildman–Crippen MR) is 97.4 cm³/mol. The van der Waals surface area contributed by atoms with Crippen LogP contribution in [0.25, 0.3) is 11.0 Å². The van der Waals surface area contributed by atoms with Gasteiger partial charge in [0.1, 0.15) is 12.0 Å². The summed E-state index contributed by atoms with van der Waals surface area (Å²) in [5.41, 5.74) is 2.77. The van der Waals surface area contributed by atoms with Gasteiger partial charge in [-0.05, 0) is 23.8 Å². The lowest BCUT2D eigenvalue weighted by atomic mass is 9.79. The molecule has 4 rings (SSSR count). The summed E-state index contributed by atoms with van der Waals surface area (Å²) in [6.45, 7) is 3.80. The molecule has 0 saturated carbocycles. The van der Waals surface area contributed by atoms with Gasteiger partial charge in [0.2, 0.25) is 0 Å². The van der Waals surface area contributed by atoms with Crippen LogP contribution in [0.5, 0.6) is 0 Å². The molecule has 3 aromatic rings. The number of H-pyrrole nitrogens is 1. The van der Waals surface area contributed by atoms with Crippen LogP contribution in [-0.2, 0) is 0 Å². The Morgan fingerprint density at radius 2 is 2.16 bits per heavy atom. The normalized spacial score (nSPS) is 20.8. The maximum atomic E-state index is 13.0. The summed E-state index contributed by atoms with van der Waals surface area (Å²) in [6, 6.07) is 10.7. The Hall–Kier alpha value is -2.69. The number of amides is 1. The predicted octanol–water partition coefficient (Wildman–Crippen LogP) is 3.61. The maximum absolute atomic E-state index is 13.0. The number of hydrogen-bond donors (Lipinski definition) is 1. The van der Waals surface area contributed by atoms with Crippen molar-refractivity contribution in [3.8, 4) is 0 Å². The molecule has 1 amide bonds. The Morgan fingerprint density at radius 1 is 1.32 bits per heavy atom. The summed E-state index contributed by atoms with van der Waals surface area (Å²) >= 11 is 0. The summed E-state index contributed by atoms with van der Waals surface area (Å²) < 4.78 is 0. The van der Waals surface area contributed by atoms with Crippen molar-refractivity contribution in [1.82, 2.24) is 19.9 Å². The molecule has 0 aliphatic carbocycles. The van der Waals surface area contributed by atoms with E-state index in [0.29, 0.717) is 23.0 Å². The Balaban J connectivity index is 1.56. The van der Waals surface area contributed by atoms with E-state index in [1.54, 1.807) is 12.4 Å². The van der Waals surface area contributed by atoms with E-state index in [1.807, 2.05) is 4.90 Å². The van der Waals surface area contributed by atoms with E-state index >= 15 is 0 Å². The first-order valence-electron chi connectivity index (χ1n) is 8.89.